The zero-order valence-electron chi connectivity index (χ0n) is 14.8. The molecule has 3 rings (SSSR count). The van der Waals surface area contributed by atoms with Gasteiger partial charge in [0, 0.05) is 14.9 Å². The molecule has 0 aliphatic heterocycles. The molecule has 136 valence electrons. The van der Waals surface area contributed by atoms with Crippen molar-refractivity contribution in [3.63, 3.8) is 0 Å². The summed E-state index contributed by atoms with van der Waals surface area (Å²) in [7, 11) is 0. The van der Waals surface area contributed by atoms with Gasteiger partial charge < -0.3 is 4.74 Å². The molecule has 0 bridgehead atoms. The van der Waals surface area contributed by atoms with Crippen LogP contribution in [-0.2, 0) is 9.53 Å². The lowest BCUT2D eigenvalue weighted by atomic mass is 10.0. The Morgan fingerprint density at radius 1 is 1.31 bits per heavy atom. The van der Waals surface area contributed by atoms with Crippen LogP contribution in [0.4, 0.5) is 0 Å². The van der Waals surface area contributed by atoms with Crippen molar-refractivity contribution in [1.82, 2.24) is 9.55 Å². The van der Waals surface area contributed by atoms with Gasteiger partial charge in [-0.2, -0.15) is 0 Å². The predicted molar refractivity (Wildman–Crippen MR) is 108 cm³/mol. The lowest BCUT2D eigenvalue weighted by molar-refractivity contribution is -0.147. The minimum absolute atomic E-state index is 0.211. The number of esters is 1. The van der Waals surface area contributed by atoms with Gasteiger partial charge in [0.2, 0.25) is 0 Å². The second kappa shape index (κ2) is 7.72. The number of aryl methyl sites for hydroxylation is 1. The van der Waals surface area contributed by atoms with Crippen LogP contribution in [0.5, 0.6) is 0 Å². The Kier molecular flexibility index (Phi) is 5.58. The highest BCUT2D eigenvalue weighted by molar-refractivity contribution is 9.10. The molecular weight excluding hydrogens is 416 g/mol. The quantitative estimate of drug-likeness (QED) is 0.545. The number of carbonyl (C=O) groups is 1. The number of thiophene rings is 1. The minimum atomic E-state index is -0.669. The second-order valence-electron chi connectivity index (χ2n) is 5.85. The van der Waals surface area contributed by atoms with E-state index in [9.17, 15) is 9.59 Å². The number of nitrogens with zero attached hydrogens (tertiary/aromatic N) is 2. The molecular formula is C19H19BrN2O3S. The van der Waals surface area contributed by atoms with Crippen molar-refractivity contribution in [3.8, 4) is 11.1 Å². The summed E-state index contributed by atoms with van der Waals surface area (Å²) in [5.74, 6) is -0.407. The maximum absolute atomic E-state index is 13.2. The van der Waals surface area contributed by atoms with Gasteiger partial charge in [-0.3, -0.25) is 9.36 Å². The Bertz CT molecular complexity index is 1010. The summed E-state index contributed by atoms with van der Waals surface area (Å²) in [5, 5.41) is 0.556. The van der Waals surface area contributed by atoms with Crippen molar-refractivity contribution in [3.05, 3.63) is 50.3 Å². The van der Waals surface area contributed by atoms with E-state index in [1.807, 2.05) is 38.1 Å². The molecule has 0 saturated carbocycles. The van der Waals surface area contributed by atoms with Crippen LogP contribution in [0, 0.1) is 6.92 Å². The number of aromatic nitrogens is 2. The number of hydrogen-bond acceptors (Lipinski definition) is 5. The molecule has 0 saturated heterocycles. The molecule has 0 aliphatic rings. The third-order valence-corrected chi connectivity index (χ3v) is 5.77. The van der Waals surface area contributed by atoms with Crippen LogP contribution in [0.1, 0.15) is 31.2 Å². The van der Waals surface area contributed by atoms with Crippen molar-refractivity contribution in [2.75, 3.05) is 6.61 Å². The lowest BCUT2D eigenvalue weighted by Gasteiger charge is -2.16. The average molecular weight is 435 g/mol. The molecule has 0 radical (unpaired) electrons. The van der Waals surface area contributed by atoms with E-state index in [2.05, 4.69) is 20.9 Å². The van der Waals surface area contributed by atoms with E-state index in [-0.39, 0.29) is 12.2 Å². The van der Waals surface area contributed by atoms with Crippen molar-refractivity contribution in [1.29, 1.82) is 0 Å². The van der Waals surface area contributed by atoms with Gasteiger partial charge in [0.15, 0.2) is 0 Å². The van der Waals surface area contributed by atoms with Crippen LogP contribution in [0.3, 0.4) is 0 Å². The van der Waals surface area contributed by atoms with Crippen molar-refractivity contribution < 1.29 is 9.53 Å². The number of ether oxygens (including phenoxy) is 1. The first-order valence-electron chi connectivity index (χ1n) is 8.40. The lowest BCUT2D eigenvalue weighted by Crippen LogP contribution is -2.31. The average Bonchev–Trinajstić information content (AvgIpc) is 2.95. The molecule has 1 atom stereocenters. The van der Waals surface area contributed by atoms with E-state index in [0.717, 1.165) is 20.5 Å². The third-order valence-electron chi connectivity index (χ3n) is 4.23. The first-order valence-corrected chi connectivity index (χ1v) is 10.0. The Balaban J connectivity index is 2.22. The number of hydrogen-bond donors (Lipinski definition) is 0. The van der Waals surface area contributed by atoms with Gasteiger partial charge in [0.05, 0.1) is 18.3 Å². The van der Waals surface area contributed by atoms with Crippen molar-refractivity contribution >= 4 is 43.5 Å². The standard InChI is InChI=1S/C19H19BrN2O3S/c1-4-14(19(24)25-5-2)22-10-21-17-16(18(22)23)15(11(3)26-17)12-6-8-13(20)9-7-12/h6-10,14H,4-5H2,1-3H3. The Hall–Kier alpha value is -1.99. The number of rotatable bonds is 5. The molecule has 1 aromatic carbocycles. The topological polar surface area (TPSA) is 61.2 Å². The fourth-order valence-electron chi connectivity index (χ4n) is 3.02. The molecule has 0 spiro atoms. The van der Waals surface area contributed by atoms with Gasteiger partial charge in [-0.25, -0.2) is 9.78 Å². The summed E-state index contributed by atoms with van der Waals surface area (Å²) >= 11 is 4.92. The van der Waals surface area contributed by atoms with Crippen LogP contribution in [0.25, 0.3) is 21.3 Å². The monoisotopic (exact) mass is 434 g/mol. The zero-order chi connectivity index (χ0) is 18.8. The molecule has 3 aromatic rings. The van der Waals surface area contributed by atoms with Gasteiger partial charge >= 0.3 is 5.97 Å². The molecule has 5 nitrogen and oxygen atoms in total. The summed E-state index contributed by atoms with van der Waals surface area (Å²) in [6.45, 7) is 5.87. The summed E-state index contributed by atoms with van der Waals surface area (Å²) < 4.78 is 7.49. The van der Waals surface area contributed by atoms with Crippen LogP contribution in [0.15, 0.2) is 39.9 Å². The van der Waals surface area contributed by atoms with Crippen LogP contribution in [-0.4, -0.2) is 22.1 Å². The highest BCUT2D eigenvalue weighted by atomic mass is 79.9. The van der Waals surface area contributed by atoms with Gasteiger partial charge in [-0.15, -0.1) is 11.3 Å². The molecule has 1 unspecified atom stereocenters. The minimum Gasteiger partial charge on any atom is -0.464 e. The third kappa shape index (κ3) is 3.33. The van der Waals surface area contributed by atoms with Crippen molar-refractivity contribution in [2.45, 2.75) is 33.2 Å². The van der Waals surface area contributed by atoms with Gasteiger partial charge in [0.25, 0.3) is 5.56 Å². The van der Waals surface area contributed by atoms with E-state index in [1.54, 1.807) is 6.92 Å². The summed E-state index contributed by atoms with van der Waals surface area (Å²) in [5.41, 5.74) is 1.62. The van der Waals surface area contributed by atoms with Gasteiger partial charge in [-0.05, 0) is 38.0 Å². The fraction of sp³-hybridized carbons (Fsp3) is 0.316. The van der Waals surface area contributed by atoms with Crippen molar-refractivity contribution in [2.24, 2.45) is 0 Å². The first kappa shape index (κ1) is 18.8. The molecule has 0 N–H and O–H groups in total. The van der Waals surface area contributed by atoms with Gasteiger partial charge in [-0.1, -0.05) is 35.0 Å². The largest absolute Gasteiger partial charge is 0.464 e. The SMILES string of the molecule is CCOC(=O)C(CC)n1cnc2sc(C)c(-c3ccc(Br)cc3)c2c1=O. The number of benzene rings is 1. The van der Waals surface area contributed by atoms with Crippen LogP contribution in [0.2, 0.25) is 0 Å². The highest BCUT2D eigenvalue weighted by Crippen LogP contribution is 2.36. The van der Waals surface area contributed by atoms with E-state index in [4.69, 9.17) is 4.74 Å². The maximum atomic E-state index is 13.2. The summed E-state index contributed by atoms with van der Waals surface area (Å²) in [6.07, 6.45) is 1.92. The molecule has 2 heterocycles. The molecule has 2 aromatic heterocycles. The van der Waals surface area contributed by atoms with Gasteiger partial charge in [0.1, 0.15) is 10.9 Å². The predicted octanol–water partition coefficient (Wildman–Crippen LogP) is 4.71. The van der Waals surface area contributed by atoms with E-state index in [1.165, 1.54) is 22.2 Å². The summed E-state index contributed by atoms with van der Waals surface area (Å²) in [6, 6.07) is 7.16. The molecule has 0 fully saturated rings. The Morgan fingerprint density at radius 3 is 2.62 bits per heavy atom. The molecule has 7 heteroatoms. The fourth-order valence-corrected chi connectivity index (χ4v) is 4.28. The van der Waals surface area contributed by atoms with E-state index in [0.29, 0.717) is 16.6 Å². The Labute approximate surface area is 163 Å². The smallest absolute Gasteiger partial charge is 0.329 e. The Morgan fingerprint density at radius 2 is 2.00 bits per heavy atom. The van der Waals surface area contributed by atoms with E-state index < -0.39 is 12.0 Å². The number of carbonyl (C=O) groups excluding carboxylic acids is 1. The number of fused-ring (bicyclic) bond motifs is 1. The maximum Gasteiger partial charge on any atom is 0.329 e. The molecule has 26 heavy (non-hydrogen) atoms. The summed E-state index contributed by atoms with van der Waals surface area (Å²) in [4.78, 5) is 31.6. The first-order chi connectivity index (χ1) is 12.5. The van der Waals surface area contributed by atoms with Crippen LogP contribution < -0.4 is 5.56 Å². The molecule has 0 amide bonds. The normalized spacial score (nSPS) is 12.3. The zero-order valence-corrected chi connectivity index (χ0v) is 17.2. The highest BCUT2D eigenvalue weighted by Gasteiger charge is 2.24. The second-order valence-corrected chi connectivity index (χ2v) is 7.97. The van der Waals surface area contributed by atoms with E-state index >= 15 is 0 Å². The van der Waals surface area contributed by atoms with Crippen LogP contribution >= 0.6 is 27.3 Å². The number of halogens is 1. The molecule has 0 aliphatic carbocycles.